The second-order valence-corrected chi connectivity index (χ2v) is 4.10. The molecule has 0 amide bonds. The highest BCUT2D eigenvalue weighted by Gasteiger charge is 2.14. The summed E-state index contributed by atoms with van der Waals surface area (Å²) in [4.78, 5) is 12.2. The van der Waals surface area contributed by atoms with E-state index < -0.39 is 0 Å². The lowest BCUT2D eigenvalue weighted by Gasteiger charge is -2.07. The molecule has 0 atom stereocenters. The summed E-state index contributed by atoms with van der Waals surface area (Å²) in [7, 11) is 2.86. The quantitative estimate of drug-likeness (QED) is 0.837. The molecule has 0 unspecified atom stereocenters. The van der Waals surface area contributed by atoms with Crippen molar-refractivity contribution in [3.05, 3.63) is 47.5 Å². The summed E-state index contributed by atoms with van der Waals surface area (Å²) in [5.41, 5.74) is 0.598. The number of hydrogen-bond donors (Lipinski definition) is 2. The minimum atomic E-state index is -0.319. The number of ether oxygens (including phenoxy) is 2. The topological polar surface area (TPSA) is 76.0 Å². The van der Waals surface area contributed by atoms with Gasteiger partial charge in [0.05, 0.1) is 14.2 Å². The molecule has 5 heteroatoms. The van der Waals surface area contributed by atoms with Gasteiger partial charge in [0.25, 0.3) is 0 Å². The fourth-order valence-corrected chi connectivity index (χ4v) is 1.83. The van der Waals surface area contributed by atoms with E-state index in [-0.39, 0.29) is 17.3 Å². The van der Waals surface area contributed by atoms with Crippen molar-refractivity contribution < 1.29 is 24.5 Å². The average Bonchev–Trinajstić information content (AvgIpc) is 2.46. The summed E-state index contributed by atoms with van der Waals surface area (Å²) < 4.78 is 9.83. The summed E-state index contributed by atoms with van der Waals surface area (Å²) >= 11 is 0. The van der Waals surface area contributed by atoms with E-state index in [0.717, 1.165) is 0 Å². The van der Waals surface area contributed by atoms with Gasteiger partial charge in [-0.2, -0.15) is 0 Å². The molecule has 20 heavy (non-hydrogen) atoms. The Kier molecular flexibility index (Phi) is 3.79. The zero-order valence-corrected chi connectivity index (χ0v) is 11.1. The number of aromatic hydroxyl groups is 2. The molecule has 0 aliphatic carbocycles. The molecular weight excluding hydrogens is 260 g/mol. The monoisotopic (exact) mass is 274 g/mol. The molecule has 0 bridgehead atoms. The van der Waals surface area contributed by atoms with Crippen molar-refractivity contribution in [3.8, 4) is 23.0 Å². The van der Waals surface area contributed by atoms with Crippen LogP contribution in [0.15, 0.2) is 36.4 Å². The largest absolute Gasteiger partial charge is 0.504 e. The minimum Gasteiger partial charge on any atom is -0.504 e. The molecule has 104 valence electrons. The fraction of sp³-hybridized carbons (Fsp3) is 0.133. The van der Waals surface area contributed by atoms with Gasteiger partial charge >= 0.3 is 0 Å². The van der Waals surface area contributed by atoms with E-state index in [1.54, 1.807) is 12.1 Å². The standard InChI is InChI=1S/C15H14O5/c1-19-13-5-3-9(7-11(13)16)15(18)10-4-6-14(20-2)12(17)8-10/h3-8,16-17H,1-2H3. The number of carbonyl (C=O) groups excluding carboxylic acids is 1. The third-order valence-corrected chi connectivity index (χ3v) is 2.88. The smallest absolute Gasteiger partial charge is 0.193 e. The second-order valence-electron chi connectivity index (χ2n) is 4.10. The predicted octanol–water partition coefficient (Wildman–Crippen LogP) is 2.35. The molecule has 2 aromatic carbocycles. The Morgan fingerprint density at radius 3 is 1.55 bits per heavy atom. The molecule has 0 spiro atoms. The lowest BCUT2D eigenvalue weighted by molar-refractivity contribution is 0.103. The Morgan fingerprint density at radius 1 is 0.850 bits per heavy atom. The number of ketones is 1. The van der Waals surface area contributed by atoms with Crippen LogP contribution in [0.3, 0.4) is 0 Å². The zero-order chi connectivity index (χ0) is 14.7. The van der Waals surface area contributed by atoms with Crippen LogP contribution in [0.4, 0.5) is 0 Å². The summed E-state index contributed by atoms with van der Waals surface area (Å²) in [6, 6.07) is 8.74. The Bertz CT molecular complexity index is 593. The van der Waals surface area contributed by atoms with Crippen LogP contribution >= 0.6 is 0 Å². The molecule has 0 aliphatic rings. The van der Waals surface area contributed by atoms with Gasteiger partial charge in [0.15, 0.2) is 28.8 Å². The molecule has 0 saturated heterocycles. The minimum absolute atomic E-state index is 0.115. The number of hydrogen-bond acceptors (Lipinski definition) is 5. The van der Waals surface area contributed by atoms with Crippen molar-refractivity contribution in [2.45, 2.75) is 0 Å². The number of phenolic OH excluding ortho intramolecular Hbond substituents is 2. The molecule has 0 saturated carbocycles. The van der Waals surface area contributed by atoms with Crippen LogP contribution in [0.1, 0.15) is 15.9 Å². The lowest BCUT2D eigenvalue weighted by Crippen LogP contribution is -2.01. The molecule has 2 aromatic rings. The van der Waals surface area contributed by atoms with Crippen molar-refractivity contribution in [2.24, 2.45) is 0 Å². The molecule has 0 aliphatic heterocycles. The second kappa shape index (κ2) is 5.52. The Balaban J connectivity index is 2.36. The Hall–Kier alpha value is -2.69. The van der Waals surface area contributed by atoms with Gasteiger partial charge in [-0.25, -0.2) is 0 Å². The van der Waals surface area contributed by atoms with E-state index in [4.69, 9.17) is 9.47 Å². The first-order valence-electron chi connectivity index (χ1n) is 5.85. The number of phenols is 2. The summed E-state index contributed by atoms with van der Waals surface area (Å²) in [6.07, 6.45) is 0. The lowest BCUT2D eigenvalue weighted by atomic mass is 10.0. The fourth-order valence-electron chi connectivity index (χ4n) is 1.83. The maximum Gasteiger partial charge on any atom is 0.193 e. The maximum absolute atomic E-state index is 12.2. The molecule has 0 aromatic heterocycles. The van der Waals surface area contributed by atoms with Gasteiger partial charge in [-0.1, -0.05) is 0 Å². The van der Waals surface area contributed by atoms with E-state index in [1.165, 1.54) is 38.5 Å². The summed E-state index contributed by atoms with van der Waals surface area (Å²) in [5, 5.41) is 19.4. The molecule has 5 nitrogen and oxygen atoms in total. The molecular formula is C15H14O5. The van der Waals surface area contributed by atoms with Gasteiger partial charge in [-0.3, -0.25) is 4.79 Å². The molecule has 0 fully saturated rings. The third kappa shape index (κ3) is 2.51. The van der Waals surface area contributed by atoms with Crippen LogP contribution < -0.4 is 9.47 Å². The van der Waals surface area contributed by atoms with E-state index >= 15 is 0 Å². The molecule has 0 heterocycles. The highest BCUT2D eigenvalue weighted by molar-refractivity contribution is 6.09. The number of benzene rings is 2. The van der Waals surface area contributed by atoms with E-state index in [9.17, 15) is 15.0 Å². The normalized spacial score (nSPS) is 10.1. The van der Waals surface area contributed by atoms with Gasteiger partial charge in [-0.15, -0.1) is 0 Å². The molecule has 2 N–H and O–H groups in total. The van der Waals surface area contributed by atoms with Gasteiger partial charge in [0, 0.05) is 11.1 Å². The Morgan fingerprint density at radius 2 is 1.25 bits per heavy atom. The van der Waals surface area contributed by atoms with Crippen molar-refractivity contribution >= 4 is 5.78 Å². The van der Waals surface area contributed by atoms with Crippen LogP contribution in [0, 0.1) is 0 Å². The predicted molar refractivity (Wildman–Crippen MR) is 72.8 cm³/mol. The number of carbonyl (C=O) groups is 1. The van der Waals surface area contributed by atoms with E-state index in [2.05, 4.69) is 0 Å². The zero-order valence-electron chi connectivity index (χ0n) is 11.1. The number of methoxy groups -OCH3 is 2. The average molecular weight is 274 g/mol. The molecule has 2 rings (SSSR count). The van der Waals surface area contributed by atoms with Crippen LogP contribution in [0.5, 0.6) is 23.0 Å². The first kappa shape index (κ1) is 13.7. The number of rotatable bonds is 4. The van der Waals surface area contributed by atoms with Crippen LogP contribution in [-0.4, -0.2) is 30.2 Å². The van der Waals surface area contributed by atoms with Gasteiger partial charge < -0.3 is 19.7 Å². The van der Waals surface area contributed by atoms with Crippen LogP contribution in [-0.2, 0) is 0 Å². The van der Waals surface area contributed by atoms with Crippen molar-refractivity contribution in [2.75, 3.05) is 14.2 Å². The van der Waals surface area contributed by atoms with Crippen molar-refractivity contribution in [1.29, 1.82) is 0 Å². The maximum atomic E-state index is 12.2. The van der Waals surface area contributed by atoms with Crippen LogP contribution in [0.25, 0.3) is 0 Å². The van der Waals surface area contributed by atoms with E-state index in [0.29, 0.717) is 22.6 Å². The first-order chi connectivity index (χ1) is 9.56. The highest BCUT2D eigenvalue weighted by Crippen LogP contribution is 2.30. The van der Waals surface area contributed by atoms with Gasteiger partial charge in [-0.05, 0) is 36.4 Å². The van der Waals surface area contributed by atoms with Crippen LogP contribution in [0.2, 0.25) is 0 Å². The van der Waals surface area contributed by atoms with E-state index in [1.807, 2.05) is 0 Å². The third-order valence-electron chi connectivity index (χ3n) is 2.88. The highest BCUT2D eigenvalue weighted by atomic mass is 16.5. The van der Waals surface area contributed by atoms with Crippen molar-refractivity contribution in [3.63, 3.8) is 0 Å². The Labute approximate surface area is 116 Å². The summed E-state index contributed by atoms with van der Waals surface area (Å²) in [6.45, 7) is 0. The van der Waals surface area contributed by atoms with Crippen molar-refractivity contribution in [1.82, 2.24) is 0 Å². The summed E-state index contributed by atoms with van der Waals surface area (Å²) in [5.74, 6) is 0.0336. The van der Waals surface area contributed by atoms with Gasteiger partial charge in [0.1, 0.15) is 0 Å². The SMILES string of the molecule is COc1ccc(C(=O)c2ccc(OC)c(O)c2)cc1O. The first-order valence-corrected chi connectivity index (χ1v) is 5.85. The molecule has 0 radical (unpaired) electrons. The van der Waals surface area contributed by atoms with Gasteiger partial charge in [0.2, 0.25) is 0 Å².